The van der Waals surface area contributed by atoms with E-state index >= 15 is 0 Å². The van der Waals surface area contributed by atoms with Gasteiger partial charge in [0.05, 0.1) is 29.0 Å². The molecule has 28 heavy (non-hydrogen) atoms. The van der Waals surface area contributed by atoms with Crippen LogP contribution in [0.4, 0.5) is 13.2 Å². The molecule has 0 saturated carbocycles. The molecule has 0 amide bonds. The molecule has 2 heterocycles. The zero-order valence-corrected chi connectivity index (χ0v) is 16.4. The van der Waals surface area contributed by atoms with Gasteiger partial charge in [-0.05, 0) is 36.6 Å². The number of aromatic nitrogens is 2. The second-order valence-electron chi connectivity index (χ2n) is 6.45. The molecule has 1 unspecified atom stereocenters. The van der Waals surface area contributed by atoms with Crippen LogP contribution in [0.1, 0.15) is 29.8 Å². The van der Waals surface area contributed by atoms with Crippen LogP contribution in [-0.4, -0.2) is 42.6 Å². The fourth-order valence-electron chi connectivity index (χ4n) is 3.00. The monoisotopic (exact) mass is 435 g/mol. The lowest BCUT2D eigenvalue weighted by atomic mass is 9.98. The molecule has 152 valence electrons. The van der Waals surface area contributed by atoms with Crippen molar-refractivity contribution in [3.05, 3.63) is 47.4 Å². The molecule has 0 fully saturated rings. The molecule has 3 rings (SSSR count). The van der Waals surface area contributed by atoms with E-state index in [2.05, 4.69) is 19.6 Å². The summed E-state index contributed by atoms with van der Waals surface area (Å²) in [5.74, 6) is -0.200. The lowest BCUT2D eigenvalue weighted by Gasteiger charge is -2.33. The summed E-state index contributed by atoms with van der Waals surface area (Å²) in [6.07, 6.45) is -1.17. The van der Waals surface area contributed by atoms with Crippen molar-refractivity contribution in [3.63, 3.8) is 0 Å². The number of rotatable bonds is 5. The lowest BCUT2D eigenvalue weighted by Crippen LogP contribution is -2.33. The largest absolute Gasteiger partial charge is 0.467 e. The standard InChI is InChI=1S/C17H17ClF3N3O3S/c1-11(15-7-23-16(8-22-15)27-10-17(19,20)21)24-5-4-12-2-3-14(28(18,25)26)6-13(12)9-24/h2-3,6-8,11H,4-5,9-10H2,1H3. The van der Waals surface area contributed by atoms with E-state index in [9.17, 15) is 21.6 Å². The molecule has 0 radical (unpaired) electrons. The average Bonchev–Trinajstić information content (AvgIpc) is 2.64. The van der Waals surface area contributed by atoms with Crippen LogP contribution >= 0.6 is 10.7 Å². The van der Waals surface area contributed by atoms with Crippen molar-refractivity contribution < 1.29 is 26.3 Å². The van der Waals surface area contributed by atoms with Crippen LogP contribution in [0.3, 0.4) is 0 Å². The lowest BCUT2D eigenvalue weighted by molar-refractivity contribution is -0.154. The van der Waals surface area contributed by atoms with Crippen LogP contribution in [0.25, 0.3) is 0 Å². The van der Waals surface area contributed by atoms with E-state index in [1.807, 2.05) is 6.92 Å². The van der Waals surface area contributed by atoms with Gasteiger partial charge in [-0.15, -0.1) is 0 Å². The molecule has 6 nitrogen and oxygen atoms in total. The number of nitrogens with zero attached hydrogens (tertiary/aromatic N) is 3. The van der Waals surface area contributed by atoms with Crippen molar-refractivity contribution >= 4 is 19.7 Å². The van der Waals surface area contributed by atoms with E-state index in [4.69, 9.17) is 10.7 Å². The predicted molar refractivity (Wildman–Crippen MR) is 95.6 cm³/mol. The van der Waals surface area contributed by atoms with Gasteiger partial charge in [0.15, 0.2) is 6.61 Å². The molecular weight excluding hydrogens is 419 g/mol. The number of ether oxygens (including phenoxy) is 1. The van der Waals surface area contributed by atoms with Gasteiger partial charge in [-0.2, -0.15) is 13.2 Å². The molecule has 2 aromatic rings. The first-order valence-electron chi connectivity index (χ1n) is 8.35. The van der Waals surface area contributed by atoms with Crippen molar-refractivity contribution in [3.8, 4) is 5.88 Å². The zero-order chi connectivity index (χ0) is 20.5. The van der Waals surface area contributed by atoms with Crippen LogP contribution in [-0.2, 0) is 22.0 Å². The summed E-state index contributed by atoms with van der Waals surface area (Å²) >= 11 is 0. The van der Waals surface area contributed by atoms with Gasteiger partial charge in [0.2, 0.25) is 5.88 Å². The van der Waals surface area contributed by atoms with E-state index < -0.39 is 21.8 Å². The summed E-state index contributed by atoms with van der Waals surface area (Å²) in [6, 6.07) is 4.65. The highest BCUT2D eigenvalue weighted by molar-refractivity contribution is 8.13. The van der Waals surface area contributed by atoms with Crippen molar-refractivity contribution in [2.45, 2.75) is 37.0 Å². The minimum absolute atomic E-state index is 0.0494. The quantitative estimate of drug-likeness (QED) is 0.670. The van der Waals surface area contributed by atoms with E-state index in [-0.39, 0.29) is 16.8 Å². The third-order valence-electron chi connectivity index (χ3n) is 4.51. The molecule has 0 spiro atoms. The Labute approximate surface area is 164 Å². The Balaban J connectivity index is 1.71. The second-order valence-corrected chi connectivity index (χ2v) is 9.01. The number of halogens is 4. The Morgan fingerprint density at radius 3 is 2.61 bits per heavy atom. The topological polar surface area (TPSA) is 72.4 Å². The van der Waals surface area contributed by atoms with Gasteiger partial charge in [0, 0.05) is 23.8 Å². The van der Waals surface area contributed by atoms with Crippen molar-refractivity contribution in [1.82, 2.24) is 14.9 Å². The Kier molecular flexibility index (Phi) is 5.83. The van der Waals surface area contributed by atoms with Gasteiger partial charge < -0.3 is 4.74 Å². The maximum absolute atomic E-state index is 12.2. The Morgan fingerprint density at radius 1 is 1.25 bits per heavy atom. The molecule has 1 atom stereocenters. The minimum Gasteiger partial charge on any atom is -0.467 e. The van der Waals surface area contributed by atoms with Crippen molar-refractivity contribution in [1.29, 1.82) is 0 Å². The van der Waals surface area contributed by atoms with Gasteiger partial charge in [-0.25, -0.2) is 13.4 Å². The number of fused-ring (bicyclic) bond motifs is 1. The molecule has 1 aromatic heterocycles. The number of benzene rings is 1. The van der Waals surface area contributed by atoms with Gasteiger partial charge in [-0.3, -0.25) is 9.88 Å². The van der Waals surface area contributed by atoms with Crippen LogP contribution in [0.15, 0.2) is 35.5 Å². The molecule has 1 aliphatic rings. The first-order chi connectivity index (χ1) is 13.0. The van der Waals surface area contributed by atoms with Crippen molar-refractivity contribution in [2.75, 3.05) is 13.2 Å². The predicted octanol–water partition coefficient (Wildman–Crippen LogP) is 3.46. The maximum Gasteiger partial charge on any atom is 0.422 e. The molecule has 1 aliphatic heterocycles. The molecular formula is C17H17ClF3N3O3S. The molecule has 0 N–H and O–H groups in total. The number of hydrogen-bond acceptors (Lipinski definition) is 6. The van der Waals surface area contributed by atoms with E-state index in [1.165, 1.54) is 12.3 Å². The zero-order valence-electron chi connectivity index (χ0n) is 14.8. The van der Waals surface area contributed by atoms with Crippen molar-refractivity contribution in [2.24, 2.45) is 0 Å². The second kappa shape index (κ2) is 7.84. The average molecular weight is 436 g/mol. The van der Waals surface area contributed by atoms with E-state index in [0.717, 1.165) is 30.3 Å². The summed E-state index contributed by atoms with van der Waals surface area (Å²) in [5, 5.41) is 0. The number of hydrogen-bond donors (Lipinski definition) is 0. The van der Waals surface area contributed by atoms with Crippen LogP contribution in [0, 0.1) is 0 Å². The maximum atomic E-state index is 12.2. The third-order valence-corrected chi connectivity index (χ3v) is 5.86. The smallest absolute Gasteiger partial charge is 0.422 e. The molecule has 0 saturated heterocycles. The number of alkyl halides is 3. The fourth-order valence-corrected chi connectivity index (χ4v) is 3.80. The minimum atomic E-state index is -4.44. The Bertz CT molecular complexity index is 952. The molecule has 0 aliphatic carbocycles. The SMILES string of the molecule is CC(c1cnc(OCC(F)(F)F)cn1)N1CCc2ccc(S(=O)(=O)Cl)cc2C1. The molecule has 0 bridgehead atoms. The fraction of sp³-hybridized carbons (Fsp3) is 0.412. The summed E-state index contributed by atoms with van der Waals surface area (Å²) in [4.78, 5) is 10.2. The Morgan fingerprint density at radius 2 is 2.00 bits per heavy atom. The normalized spacial score (nSPS) is 16.5. The van der Waals surface area contributed by atoms with Gasteiger partial charge in [0.25, 0.3) is 9.05 Å². The van der Waals surface area contributed by atoms with Crippen LogP contribution < -0.4 is 4.74 Å². The molecule has 1 aromatic carbocycles. The van der Waals surface area contributed by atoms with Gasteiger partial charge >= 0.3 is 6.18 Å². The highest BCUT2D eigenvalue weighted by atomic mass is 35.7. The summed E-state index contributed by atoms with van der Waals surface area (Å²) < 4.78 is 64.2. The summed E-state index contributed by atoms with van der Waals surface area (Å²) in [7, 11) is 1.61. The van der Waals surface area contributed by atoms with E-state index in [1.54, 1.807) is 12.1 Å². The molecule has 11 heteroatoms. The summed E-state index contributed by atoms with van der Waals surface area (Å²) in [5.41, 5.74) is 2.48. The van der Waals surface area contributed by atoms with Crippen LogP contribution in [0.2, 0.25) is 0 Å². The first-order valence-corrected chi connectivity index (χ1v) is 10.7. The summed E-state index contributed by atoms with van der Waals surface area (Å²) in [6.45, 7) is 1.68. The van der Waals surface area contributed by atoms with Gasteiger partial charge in [-0.1, -0.05) is 6.07 Å². The van der Waals surface area contributed by atoms with Crippen LogP contribution in [0.5, 0.6) is 5.88 Å². The van der Waals surface area contributed by atoms with Gasteiger partial charge in [0.1, 0.15) is 0 Å². The highest BCUT2D eigenvalue weighted by Crippen LogP contribution is 2.29. The van der Waals surface area contributed by atoms with E-state index in [0.29, 0.717) is 12.2 Å². The third kappa shape index (κ3) is 5.12. The first kappa shape index (κ1) is 20.8. The Hall–Kier alpha value is -1.91. The highest BCUT2D eigenvalue weighted by Gasteiger charge is 2.29.